The zero-order chi connectivity index (χ0) is 29.3. The minimum atomic E-state index is -0.0273. The fraction of sp³-hybridized carbons (Fsp3) is 0.353. The molecule has 0 aromatic heterocycles. The molecular weight excluding hydrogens is 530 g/mol. The van der Waals surface area contributed by atoms with Crippen molar-refractivity contribution in [3.05, 3.63) is 107 Å². The van der Waals surface area contributed by atoms with Gasteiger partial charge in [0.25, 0.3) is 5.91 Å². The fourth-order valence-electron chi connectivity index (χ4n) is 5.69. The van der Waals surface area contributed by atoms with Crippen molar-refractivity contribution >= 4 is 11.7 Å². The standard InChI is InChI=1S/C34H39N3O5/c1-40-31-11-10-25(22-32(31)41-2)12-15-35-34(39)30-9-4-3-8-29(30)26-13-16-36(17-14-26)18-19-37-20-21-42-33(24-37)27-6-5-7-28(38)23-27/h3-11,20-22,24,26H,12-19,23H2,1-2H3,(H,35,39). The van der Waals surface area contributed by atoms with Crippen LogP contribution in [0.2, 0.25) is 0 Å². The smallest absolute Gasteiger partial charge is 0.251 e. The summed E-state index contributed by atoms with van der Waals surface area (Å²) in [5.74, 6) is 2.53. The second-order valence-corrected chi connectivity index (χ2v) is 10.7. The number of hydrogen-bond acceptors (Lipinski definition) is 7. The second-order valence-electron chi connectivity index (χ2n) is 10.7. The molecule has 0 unspecified atom stereocenters. The molecule has 8 heteroatoms. The lowest BCUT2D eigenvalue weighted by Crippen LogP contribution is -2.38. The second kappa shape index (κ2) is 14.0. The number of benzene rings is 2. The van der Waals surface area contributed by atoms with Crippen LogP contribution in [0.1, 0.15) is 46.7 Å². The summed E-state index contributed by atoms with van der Waals surface area (Å²) in [5.41, 5.74) is 3.88. The molecule has 42 heavy (non-hydrogen) atoms. The largest absolute Gasteiger partial charge is 0.493 e. The average molecular weight is 570 g/mol. The number of piperidine rings is 1. The highest BCUT2D eigenvalue weighted by Crippen LogP contribution is 2.31. The molecule has 2 heterocycles. The number of nitrogens with zero attached hydrogens (tertiary/aromatic N) is 2. The van der Waals surface area contributed by atoms with Crippen molar-refractivity contribution in [1.82, 2.24) is 15.1 Å². The maximum absolute atomic E-state index is 13.2. The van der Waals surface area contributed by atoms with E-state index >= 15 is 0 Å². The van der Waals surface area contributed by atoms with Gasteiger partial charge in [-0.05, 0) is 73.7 Å². The summed E-state index contributed by atoms with van der Waals surface area (Å²) in [5, 5.41) is 3.11. The van der Waals surface area contributed by atoms with E-state index in [0.717, 1.165) is 67.0 Å². The third-order valence-corrected chi connectivity index (χ3v) is 8.05. The molecule has 1 fully saturated rings. The van der Waals surface area contributed by atoms with Gasteiger partial charge in [-0.15, -0.1) is 0 Å². The van der Waals surface area contributed by atoms with Crippen molar-refractivity contribution in [2.45, 2.75) is 31.6 Å². The quantitative estimate of drug-likeness (QED) is 0.410. The molecule has 2 aliphatic heterocycles. The lowest BCUT2D eigenvalue weighted by atomic mass is 9.86. The molecule has 1 saturated heterocycles. The van der Waals surface area contributed by atoms with Gasteiger partial charge < -0.3 is 29.3 Å². The Morgan fingerprint density at radius 1 is 1.05 bits per heavy atom. The molecular formula is C34H39N3O5. The molecule has 5 rings (SSSR count). The SMILES string of the molecule is COc1ccc(CCNC(=O)c2ccccc2C2CCN(CCN3C=COC(C4=CC=CC(=O)C4)=C3)CC2)cc1OC. The number of amides is 1. The van der Waals surface area contributed by atoms with E-state index in [9.17, 15) is 9.59 Å². The van der Waals surface area contributed by atoms with Gasteiger partial charge in [0.2, 0.25) is 0 Å². The van der Waals surface area contributed by atoms with E-state index in [-0.39, 0.29) is 11.7 Å². The van der Waals surface area contributed by atoms with Crippen LogP contribution in [0.4, 0.5) is 0 Å². The Balaban J connectivity index is 1.10. The first-order chi connectivity index (χ1) is 20.5. The van der Waals surface area contributed by atoms with Gasteiger partial charge in [-0.2, -0.15) is 0 Å². The Morgan fingerprint density at radius 3 is 2.64 bits per heavy atom. The summed E-state index contributed by atoms with van der Waals surface area (Å²) < 4.78 is 16.4. The third-order valence-electron chi connectivity index (χ3n) is 8.05. The van der Waals surface area contributed by atoms with Crippen molar-refractivity contribution in [1.29, 1.82) is 0 Å². The lowest BCUT2D eigenvalue weighted by Gasteiger charge is -2.34. The molecule has 0 bridgehead atoms. The molecule has 220 valence electrons. The first kappa shape index (κ1) is 29.2. The van der Waals surface area contributed by atoms with Gasteiger partial charge in [0, 0.05) is 49.6 Å². The minimum absolute atomic E-state index is 0.0273. The van der Waals surface area contributed by atoms with Crippen LogP contribution in [0.3, 0.4) is 0 Å². The van der Waals surface area contributed by atoms with E-state index in [2.05, 4.69) is 21.2 Å². The minimum Gasteiger partial charge on any atom is -0.493 e. The average Bonchev–Trinajstić information content (AvgIpc) is 3.04. The summed E-state index contributed by atoms with van der Waals surface area (Å²) in [6.45, 7) is 4.27. The number of ether oxygens (including phenoxy) is 3. The van der Waals surface area contributed by atoms with Crippen molar-refractivity contribution < 1.29 is 23.8 Å². The fourth-order valence-corrected chi connectivity index (χ4v) is 5.69. The summed E-state index contributed by atoms with van der Waals surface area (Å²) in [4.78, 5) is 29.6. The molecule has 0 radical (unpaired) electrons. The molecule has 1 amide bonds. The van der Waals surface area contributed by atoms with Crippen molar-refractivity contribution in [2.75, 3.05) is 46.9 Å². The molecule has 1 aliphatic carbocycles. The molecule has 1 N–H and O–H groups in total. The van der Waals surface area contributed by atoms with Crippen LogP contribution >= 0.6 is 0 Å². The van der Waals surface area contributed by atoms with Crippen LogP contribution in [0, 0.1) is 0 Å². The molecule has 0 atom stereocenters. The molecule has 2 aromatic carbocycles. The Bertz CT molecular complexity index is 1400. The van der Waals surface area contributed by atoms with E-state index in [1.165, 1.54) is 0 Å². The van der Waals surface area contributed by atoms with E-state index in [1.807, 2.05) is 54.9 Å². The summed E-state index contributed by atoms with van der Waals surface area (Å²) >= 11 is 0. The number of ketones is 1. The van der Waals surface area contributed by atoms with E-state index in [4.69, 9.17) is 14.2 Å². The summed E-state index contributed by atoms with van der Waals surface area (Å²) in [6.07, 6.45) is 14.0. The van der Waals surface area contributed by atoms with Crippen LogP contribution in [0.5, 0.6) is 11.5 Å². The van der Waals surface area contributed by atoms with Crippen molar-refractivity contribution in [3.8, 4) is 11.5 Å². The number of allylic oxidation sites excluding steroid dienone is 4. The zero-order valence-electron chi connectivity index (χ0n) is 24.4. The maximum Gasteiger partial charge on any atom is 0.251 e. The van der Waals surface area contributed by atoms with E-state index < -0.39 is 0 Å². The van der Waals surface area contributed by atoms with Crippen molar-refractivity contribution in [3.63, 3.8) is 0 Å². The number of carbonyl (C=O) groups excluding carboxylic acids is 2. The van der Waals surface area contributed by atoms with Gasteiger partial charge in [0.15, 0.2) is 17.3 Å². The summed E-state index contributed by atoms with van der Waals surface area (Å²) in [7, 11) is 3.24. The van der Waals surface area contributed by atoms with Gasteiger partial charge in [-0.3, -0.25) is 9.59 Å². The number of likely N-dealkylation sites (tertiary alicyclic amines) is 1. The Hall–Kier alpha value is -4.30. The molecule has 0 saturated carbocycles. The number of carbonyl (C=O) groups is 2. The predicted molar refractivity (Wildman–Crippen MR) is 162 cm³/mol. The topological polar surface area (TPSA) is 80.3 Å². The van der Waals surface area contributed by atoms with Crippen LogP contribution in [0.15, 0.2) is 90.7 Å². The highest BCUT2D eigenvalue weighted by Gasteiger charge is 2.25. The monoisotopic (exact) mass is 569 g/mol. The number of rotatable bonds is 11. The van der Waals surface area contributed by atoms with Gasteiger partial charge >= 0.3 is 0 Å². The highest BCUT2D eigenvalue weighted by molar-refractivity contribution is 5.96. The molecule has 8 nitrogen and oxygen atoms in total. The first-order valence-electron chi connectivity index (χ1n) is 14.6. The van der Waals surface area contributed by atoms with Crippen molar-refractivity contribution in [2.24, 2.45) is 0 Å². The van der Waals surface area contributed by atoms with Crippen LogP contribution in [-0.2, 0) is 16.0 Å². The molecule has 3 aliphatic rings. The first-order valence-corrected chi connectivity index (χ1v) is 14.6. The van der Waals surface area contributed by atoms with Gasteiger partial charge in [0.05, 0.1) is 14.2 Å². The van der Waals surface area contributed by atoms with E-state index in [1.54, 1.807) is 32.6 Å². The lowest BCUT2D eigenvalue weighted by molar-refractivity contribution is -0.114. The Labute approximate surface area is 247 Å². The number of hydrogen-bond donors (Lipinski definition) is 1. The predicted octanol–water partition coefficient (Wildman–Crippen LogP) is 4.96. The highest BCUT2D eigenvalue weighted by atomic mass is 16.5. The zero-order valence-corrected chi connectivity index (χ0v) is 24.4. The normalized spacial score (nSPS) is 17.4. The third kappa shape index (κ3) is 7.31. The number of nitrogens with one attached hydrogen (secondary N) is 1. The number of methoxy groups -OCH3 is 2. The van der Waals surface area contributed by atoms with Gasteiger partial charge in [-0.25, -0.2) is 0 Å². The van der Waals surface area contributed by atoms with E-state index in [0.29, 0.717) is 36.8 Å². The van der Waals surface area contributed by atoms with Crippen LogP contribution in [0.25, 0.3) is 0 Å². The maximum atomic E-state index is 13.2. The van der Waals surface area contributed by atoms with Gasteiger partial charge in [0.1, 0.15) is 12.0 Å². The Kier molecular flexibility index (Phi) is 9.77. The Morgan fingerprint density at radius 2 is 1.86 bits per heavy atom. The summed E-state index contributed by atoms with van der Waals surface area (Å²) in [6, 6.07) is 13.8. The van der Waals surface area contributed by atoms with Crippen LogP contribution in [-0.4, -0.2) is 68.4 Å². The van der Waals surface area contributed by atoms with Gasteiger partial charge in [-0.1, -0.05) is 36.4 Å². The molecule has 0 spiro atoms. The van der Waals surface area contributed by atoms with Crippen LogP contribution < -0.4 is 14.8 Å². The molecule has 2 aromatic rings.